The Hall–Kier alpha value is -1.66. The van der Waals surface area contributed by atoms with Gasteiger partial charge in [0.2, 0.25) is 0 Å². The third kappa shape index (κ3) is 4.54. The molecule has 0 spiro atoms. The molecule has 1 aliphatic carbocycles. The van der Waals surface area contributed by atoms with Gasteiger partial charge in [-0.25, -0.2) is 9.18 Å². The Bertz CT molecular complexity index is 611. The van der Waals surface area contributed by atoms with Crippen molar-refractivity contribution in [2.24, 2.45) is 5.92 Å². The largest absolute Gasteiger partial charge is 0.338 e. The SMILES string of the molecule is O=C(NCC1CCN(C2CC2)C1)N1CCN(Cc2ccc(F)cc2)CC1. The van der Waals surface area contributed by atoms with Crippen LogP contribution in [0.5, 0.6) is 0 Å². The number of hydrogen-bond donors (Lipinski definition) is 1. The molecule has 2 heterocycles. The lowest BCUT2D eigenvalue weighted by atomic mass is 10.1. The van der Waals surface area contributed by atoms with Crippen molar-refractivity contribution in [3.8, 4) is 0 Å². The highest BCUT2D eigenvalue weighted by Gasteiger charge is 2.34. The van der Waals surface area contributed by atoms with E-state index in [1.54, 1.807) is 0 Å². The van der Waals surface area contributed by atoms with Gasteiger partial charge in [-0.3, -0.25) is 4.90 Å². The fourth-order valence-corrected chi connectivity index (χ4v) is 4.10. The van der Waals surface area contributed by atoms with Crippen LogP contribution in [0.3, 0.4) is 0 Å². The van der Waals surface area contributed by atoms with Gasteiger partial charge in [-0.15, -0.1) is 0 Å². The summed E-state index contributed by atoms with van der Waals surface area (Å²) in [5, 5.41) is 3.15. The smallest absolute Gasteiger partial charge is 0.317 e. The van der Waals surface area contributed by atoms with Crippen molar-refractivity contribution in [3.05, 3.63) is 35.6 Å². The van der Waals surface area contributed by atoms with E-state index < -0.39 is 0 Å². The zero-order valence-corrected chi connectivity index (χ0v) is 15.4. The minimum atomic E-state index is -0.197. The lowest BCUT2D eigenvalue weighted by Crippen LogP contribution is -2.52. The van der Waals surface area contributed by atoms with Crippen LogP contribution >= 0.6 is 0 Å². The van der Waals surface area contributed by atoms with E-state index in [0.29, 0.717) is 5.92 Å². The third-order valence-corrected chi connectivity index (χ3v) is 5.90. The molecule has 1 unspecified atom stereocenters. The summed E-state index contributed by atoms with van der Waals surface area (Å²) in [6.07, 6.45) is 3.94. The zero-order chi connectivity index (χ0) is 17.9. The van der Waals surface area contributed by atoms with Crippen LogP contribution in [0.15, 0.2) is 24.3 Å². The molecule has 2 aliphatic heterocycles. The van der Waals surface area contributed by atoms with Gasteiger partial charge in [-0.2, -0.15) is 0 Å². The summed E-state index contributed by atoms with van der Waals surface area (Å²) >= 11 is 0. The molecular formula is C20H29FN4O. The van der Waals surface area contributed by atoms with Gasteiger partial charge in [-0.1, -0.05) is 12.1 Å². The molecule has 1 N–H and O–H groups in total. The van der Waals surface area contributed by atoms with Gasteiger partial charge in [0.05, 0.1) is 0 Å². The molecule has 1 aromatic rings. The maximum absolute atomic E-state index is 13.0. The number of hydrogen-bond acceptors (Lipinski definition) is 3. The molecule has 2 saturated heterocycles. The van der Waals surface area contributed by atoms with E-state index in [4.69, 9.17) is 0 Å². The molecule has 26 heavy (non-hydrogen) atoms. The van der Waals surface area contributed by atoms with Gasteiger partial charge in [-0.05, 0) is 49.4 Å². The maximum atomic E-state index is 13.0. The molecule has 1 saturated carbocycles. The second kappa shape index (κ2) is 7.92. The first-order valence-electron chi connectivity index (χ1n) is 9.91. The van der Waals surface area contributed by atoms with Crippen molar-refractivity contribution in [1.82, 2.24) is 20.0 Å². The summed E-state index contributed by atoms with van der Waals surface area (Å²) in [6.45, 7) is 7.21. The van der Waals surface area contributed by atoms with E-state index in [0.717, 1.165) is 57.4 Å². The molecule has 3 aliphatic rings. The van der Waals surface area contributed by atoms with Gasteiger partial charge in [0.1, 0.15) is 5.82 Å². The molecule has 2 amide bonds. The Morgan fingerprint density at radius 1 is 1.04 bits per heavy atom. The van der Waals surface area contributed by atoms with Crippen molar-refractivity contribution in [3.63, 3.8) is 0 Å². The quantitative estimate of drug-likeness (QED) is 0.874. The number of benzene rings is 1. The number of urea groups is 1. The number of halogens is 1. The zero-order valence-electron chi connectivity index (χ0n) is 15.4. The van der Waals surface area contributed by atoms with Crippen molar-refractivity contribution in [2.75, 3.05) is 45.8 Å². The molecule has 5 nitrogen and oxygen atoms in total. The lowest BCUT2D eigenvalue weighted by Gasteiger charge is -2.35. The molecule has 4 rings (SSSR count). The van der Waals surface area contributed by atoms with Crippen LogP contribution in [0.4, 0.5) is 9.18 Å². The lowest BCUT2D eigenvalue weighted by molar-refractivity contribution is 0.134. The predicted molar refractivity (Wildman–Crippen MR) is 99.4 cm³/mol. The molecule has 0 bridgehead atoms. The van der Waals surface area contributed by atoms with Crippen LogP contribution < -0.4 is 5.32 Å². The first-order chi connectivity index (χ1) is 12.7. The topological polar surface area (TPSA) is 38.8 Å². The molecule has 6 heteroatoms. The van der Waals surface area contributed by atoms with Crippen LogP contribution in [0.2, 0.25) is 0 Å². The Labute approximate surface area is 155 Å². The highest BCUT2D eigenvalue weighted by atomic mass is 19.1. The minimum absolute atomic E-state index is 0.0799. The number of carbonyl (C=O) groups excluding carboxylic acids is 1. The number of carbonyl (C=O) groups is 1. The van der Waals surface area contributed by atoms with Gasteiger partial charge >= 0.3 is 6.03 Å². The van der Waals surface area contributed by atoms with Crippen LogP contribution in [0.25, 0.3) is 0 Å². The second-order valence-electron chi connectivity index (χ2n) is 7.96. The van der Waals surface area contributed by atoms with Crippen LogP contribution in [0.1, 0.15) is 24.8 Å². The van der Waals surface area contributed by atoms with Crippen LogP contribution in [0, 0.1) is 11.7 Å². The number of nitrogens with one attached hydrogen (secondary N) is 1. The fraction of sp³-hybridized carbons (Fsp3) is 0.650. The van der Waals surface area contributed by atoms with Crippen molar-refractivity contribution in [1.29, 1.82) is 0 Å². The molecule has 0 aromatic heterocycles. The van der Waals surface area contributed by atoms with E-state index in [9.17, 15) is 9.18 Å². The van der Waals surface area contributed by atoms with Crippen molar-refractivity contribution >= 4 is 6.03 Å². The predicted octanol–water partition coefficient (Wildman–Crippen LogP) is 2.14. The van der Waals surface area contributed by atoms with Crippen LogP contribution in [-0.4, -0.2) is 72.6 Å². The first kappa shape index (κ1) is 17.7. The molecule has 142 valence electrons. The summed E-state index contributed by atoms with van der Waals surface area (Å²) in [6, 6.07) is 7.60. The normalized spacial score (nSPS) is 24.8. The summed E-state index contributed by atoms with van der Waals surface area (Å²) in [7, 11) is 0. The number of piperazine rings is 1. The molecule has 3 fully saturated rings. The number of nitrogens with zero attached hydrogens (tertiary/aromatic N) is 3. The molecule has 0 radical (unpaired) electrons. The first-order valence-corrected chi connectivity index (χ1v) is 9.91. The van der Waals surface area contributed by atoms with E-state index in [1.165, 1.54) is 37.9 Å². The Balaban J connectivity index is 1.16. The summed E-state index contributed by atoms with van der Waals surface area (Å²) < 4.78 is 13.0. The number of likely N-dealkylation sites (tertiary alicyclic amines) is 1. The average molecular weight is 360 g/mol. The van der Waals surface area contributed by atoms with Crippen molar-refractivity contribution < 1.29 is 9.18 Å². The van der Waals surface area contributed by atoms with E-state index in [2.05, 4.69) is 15.1 Å². The van der Waals surface area contributed by atoms with Gasteiger partial charge in [0.15, 0.2) is 0 Å². The molecule has 1 aromatic carbocycles. The minimum Gasteiger partial charge on any atom is -0.338 e. The van der Waals surface area contributed by atoms with E-state index >= 15 is 0 Å². The Morgan fingerprint density at radius 3 is 2.46 bits per heavy atom. The van der Waals surface area contributed by atoms with Crippen LogP contribution in [-0.2, 0) is 6.54 Å². The highest BCUT2D eigenvalue weighted by Crippen LogP contribution is 2.31. The standard InChI is InChI=1S/C20H29FN4O/c21-18-3-1-16(2-4-18)14-23-9-11-24(12-10-23)20(26)22-13-17-7-8-25(15-17)19-5-6-19/h1-4,17,19H,5-15H2,(H,22,26). The average Bonchev–Trinajstić information content (AvgIpc) is 3.40. The highest BCUT2D eigenvalue weighted by molar-refractivity contribution is 5.74. The van der Waals surface area contributed by atoms with Gasteiger partial charge < -0.3 is 15.1 Å². The van der Waals surface area contributed by atoms with Crippen molar-refractivity contribution in [2.45, 2.75) is 31.8 Å². The third-order valence-electron chi connectivity index (χ3n) is 5.90. The number of amides is 2. The van der Waals surface area contributed by atoms with Gasteiger partial charge in [0, 0.05) is 51.9 Å². The maximum Gasteiger partial charge on any atom is 0.317 e. The summed E-state index contributed by atoms with van der Waals surface area (Å²) in [4.78, 5) is 19.3. The Morgan fingerprint density at radius 2 is 1.77 bits per heavy atom. The Kier molecular flexibility index (Phi) is 5.41. The van der Waals surface area contributed by atoms with E-state index in [1.807, 2.05) is 17.0 Å². The van der Waals surface area contributed by atoms with Gasteiger partial charge in [0.25, 0.3) is 0 Å². The van der Waals surface area contributed by atoms with E-state index in [-0.39, 0.29) is 11.8 Å². The second-order valence-corrected chi connectivity index (χ2v) is 7.96. The summed E-state index contributed by atoms with van der Waals surface area (Å²) in [5.74, 6) is 0.414. The fourth-order valence-electron chi connectivity index (χ4n) is 4.10. The molecule has 1 atom stereocenters. The molecular weight excluding hydrogens is 331 g/mol. The summed E-state index contributed by atoms with van der Waals surface area (Å²) in [5.41, 5.74) is 1.12. The number of rotatable bonds is 5. The monoisotopic (exact) mass is 360 g/mol.